The molecule has 1 saturated carbocycles. The monoisotopic (exact) mass is 347 g/mol. The van der Waals surface area contributed by atoms with Crippen molar-refractivity contribution >= 4 is 0 Å². The number of rotatable bonds is 4. The molecule has 2 fully saturated rings. The van der Waals surface area contributed by atoms with Crippen LogP contribution in [0, 0.1) is 11.8 Å². The SMILES string of the molecule is CC1CCN(C2CC(Cc3ccccc3)CC2(C)c2ccccc2)CC1. The zero-order valence-electron chi connectivity index (χ0n) is 16.4. The normalized spacial score (nSPS) is 30.5. The first kappa shape index (κ1) is 17.8. The Labute approximate surface area is 159 Å². The largest absolute Gasteiger partial charge is 0.299 e. The van der Waals surface area contributed by atoms with Gasteiger partial charge in [0.2, 0.25) is 0 Å². The number of benzene rings is 2. The lowest BCUT2D eigenvalue weighted by Crippen LogP contribution is -2.48. The molecule has 0 aromatic heterocycles. The first-order valence-corrected chi connectivity index (χ1v) is 10.5. The summed E-state index contributed by atoms with van der Waals surface area (Å²) in [7, 11) is 0. The third-order valence-electron chi connectivity index (χ3n) is 7.06. The predicted molar refractivity (Wildman–Crippen MR) is 110 cm³/mol. The summed E-state index contributed by atoms with van der Waals surface area (Å²) in [5.74, 6) is 1.68. The van der Waals surface area contributed by atoms with E-state index >= 15 is 0 Å². The standard InChI is InChI=1S/C25H33N/c1-20-13-15-26(16-14-20)24-18-22(17-21-9-5-3-6-10-21)19-25(24,2)23-11-7-4-8-12-23/h3-12,20,22,24H,13-19H2,1-2H3. The molecule has 2 aromatic rings. The molecule has 0 bridgehead atoms. The van der Waals surface area contributed by atoms with Crippen LogP contribution in [0.25, 0.3) is 0 Å². The lowest BCUT2D eigenvalue weighted by Gasteiger charge is -2.43. The highest BCUT2D eigenvalue weighted by Crippen LogP contribution is 2.48. The molecule has 0 radical (unpaired) electrons. The van der Waals surface area contributed by atoms with Crippen molar-refractivity contribution < 1.29 is 0 Å². The van der Waals surface area contributed by atoms with E-state index in [1.54, 1.807) is 5.56 Å². The van der Waals surface area contributed by atoms with Gasteiger partial charge in [-0.25, -0.2) is 0 Å². The molecule has 3 unspecified atom stereocenters. The van der Waals surface area contributed by atoms with E-state index in [2.05, 4.69) is 79.4 Å². The second-order valence-electron chi connectivity index (χ2n) is 9.01. The molecule has 0 spiro atoms. The van der Waals surface area contributed by atoms with Gasteiger partial charge in [0, 0.05) is 11.5 Å². The second kappa shape index (κ2) is 7.56. The van der Waals surface area contributed by atoms with E-state index in [1.165, 1.54) is 50.8 Å². The number of hydrogen-bond donors (Lipinski definition) is 0. The van der Waals surface area contributed by atoms with Crippen molar-refractivity contribution in [1.29, 1.82) is 0 Å². The van der Waals surface area contributed by atoms with Gasteiger partial charge in [-0.15, -0.1) is 0 Å². The average molecular weight is 348 g/mol. The van der Waals surface area contributed by atoms with Crippen LogP contribution in [0.15, 0.2) is 60.7 Å². The van der Waals surface area contributed by atoms with Crippen LogP contribution in [0.3, 0.4) is 0 Å². The smallest absolute Gasteiger partial charge is 0.0192 e. The molecule has 1 saturated heterocycles. The molecule has 1 nitrogen and oxygen atoms in total. The van der Waals surface area contributed by atoms with Crippen molar-refractivity contribution in [2.24, 2.45) is 11.8 Å². The molecule has 1 heteroatoms. The summed E-state index contributed by atoms with van der Waals surface area (Å²) in [6.45, 7) is 7.52. The topological polar surface area (TPSA) is 3.24 Å². The fourth-order valence-electron chi connectivity index (χ4n) is 5.52. The lowest BCUT2D eigenvalue weighted by molar-refractivity contribution is 0.102. The minimum Gasteiger partial charge on any atom is -0.299 e. The molecule has 0 amide bonds. The van der Waals surface area contributed by atoms with Crippen LogP contribution in [0.2, 0.25) is 0 Å². The van der Waals surface area contributed by atoms with Gasteiger partial charge in [0.1, 0.15) is 0 Å². The van der Waals surface area contributed by atoms with Gasteiger partial charge < -0.3 is 0 Å². The molecule has 138 valence electrons. The van der Waals surface area contributed by atoms with Crippen molar-refractivity contribution in [2.45, 2.75) is 57.4 Å². The summed E-state index contributed by atoms with van der Waals surface area (Å²) >= 11 is 0. The Kier molecular flexibility index (Phi) is 5.18. The van der Waals surface area contributed by atoms with Crippen molar-refractivity contribution in [3.8, 4) is 0 Å². The maximum absolute atomic E-state index is 2.83. The highest BCUT2D eigenvalue weighted by molar-refractivity contribution is 5.30. The fourth-order valence-corrected chi connectivity index (χ4v) is 5.52. The van der Waals surface area contributed by atoms with Crippen LogP contribution >= 0.6 is 0 Å². The molecule has 1 aliphatic carbocycles. The van der Waals surface area contributed by atoms with E-state index in [-0.39, 0.29) is 5.41 Å². The highest BCUT2D eigenvalue weighted by atomic mass is 15.2. The Morgan fingerprint density at radius 2 is 1.54 bits per heavy atom. The van der Waals surface area contributed by atoms with Gasteiger partial charge in [0.05, 0.1) is 0 Å². The summed E-state index contributed by atoms with van der Waals surface area (Å²) in [5, 5.41) is 0. The Bertz CT molecular complexity index is 687. The first-order chi connectivity index (χ1) is 12.6. The van der Waals surface area contributed by atoms with E-state index in [0.717, 1.165) is 11.8 Å². The van der Waals surface area contributed by atoms with Crippen LogP contribution < -0.4 is 0 Å². The maximum Gasteiger partial charge on any atom is 0.0192 e. The van der Waals surface area contributed by atoms with Crippen LogP contribution in [-0.4, -0.2) is 24.0 Å². The molecule has 3 atom stereocenters. The minimum absolute atomic E-state index is 0.279. The molecule has 0 N–H and O–H groups in total. The number of piperidine rings is 1. The summed E-state index contributed by atoms with van der Waals surface area (Å²) in [6.07, 6.45) is 6.61. The Balaban J connectivity index is 1.58. The average Bonchev–Trinajstić information content (AvgIpc) is 3.01. The van der Waals surface area contributed by atoms with E-state index in [9.17, 15) is 0 Å². The van der Waals surface area contributed by atoms with E-state index in [4.69, 9.17) is 0 Å². The molecule has 1 heterocycles. The van der Waals surface area contributed by atoms with Gasteiger partial charge in [-0.2, -0.15) is 0 Å². The summed E-state index contributed by atoms with van der Waals surface area (Å²) in [6, 6.07) is 23.1. The maximum atomic E-state index is 2.83. The molecule has 2 aliphatic rings. The third kappa shape index (κ3) is 3.60. The zero-order valence-corrected chi connectivity index (χ0v) is 16.4. The molecule has 2 aromatic carbocycles. The molecule has 26 heavy (non-hydrogen) atoms. The highest BCUT2D eigenvalue weighted by Gasteiger charge is 2.47. The van der Waals surface area contributed by atoms with Crippen molar-refractivity contribution in [3.63, 3.8) is 0 Å². The number of hydrogen-bond acceptors (Lipinski definition) is 1. The van der Waals surface area contributed by atoms with Gasteiger partial charge in [-0.3, -0.25) is 4.90 Å². The van der Waals surface area contributed by atoms with Crippen LogP contribution in [0.1, 0.15) is 50.7 Å². The quantitative estimate of drug-likeness (QED) is 0.686. The van der Waals surface area contributed by atoms with E-state index in [1.807, 2.05) is 0 Å². The lowest BCUT2D eigenvalue weighted by atomic mass is 9.76. The van der Waals surface area contributed by atoms with Gasteiger partial charge >= 0.3 is 0 Å². The van der Waals surface area contributed by atoms with Crippen molar-refractivity contribution in [3.05, 3.63) is 71.8 Å². The van der Waals surface area contributed by atoms with Crippen LogP contribution in [0.4, 0.5) is 0 Å². The Hall–Kier alpha value is -1.60. The second-order valence-corrected chi connectivity index (χ2v) is 9.01. The van der Waals surface area contributed by atoms with Crippen LogP contribution in [0.5, 0.6) is 0 Å². The Morgan fingerprint density at radius 3 is 2.19 bits per heavy atom. The third-order valence-corrected chi connectivity index (χ3v) is 7.06. The van der Waals surface area contributed by atoms with Gasteiger partial charge in [-0.05, 0) is 68.2 Å². The summed E-state index contributed by atoms with van der Waals surface area (Å²) in [5.41, 5.74) is 3.32. The Morgan fingerprint density at radius 1 is 0.923 bits per heavy atom. The van der Waals surface area contributed by atoms with E-state index in [0.29, 0.717) is 6.04 Å². The van der Waals surface area contributed by atoms with Gasteiger partial charge in [0.25, 0.3) is 0 Å². The predicted octanol–water partition coefficient (Wildman–Crippen LogP) is 5.70. The molecular weight excluding hydrogens is 314 g/mol. The zero-order chi connectivity index (χ0) is 18.0. The van der Waals surface area contributed by atoms with Crippen molar-refractivity contribution in [2.75, 3.05) is 13.1 Å². The molecule has 4 rings (SSSR count). The van der Waals surface area contributed by atoms with Crippen molar-refractivity contribution in [1.82, 2.24) is 4.90 Å². The molecular formula is C25H33N. The van der Waals surface area contributed by atoms with Gasteiger partial charge in [-0.1, -0.05) is 74.5 Å². The summed E-state index contributed by atoms with van der Waals surface area (Å²) < 4.78 is 0. The summed E-state index contributed by atoms with van der Waals surface area (Å²) in [4.78, 5) is 2.83. The van der Waals surface area contributed by atoms with Gasteiger partial charge in [0.15, 0.2) is 0 Å². The number of likely N-dealkylation sites (tertiary alicyclic amines) is 1. The molecule has 1 aliphatic heterocycles. The first-order valence-electron chi connectivity index (χ1n) is 10.5. The number of nitrogens with zero attached hydrogens (tertiary/aromatic N) is 1. The fraction of sp³-hybridized carbons (Fsp3) is 0.520. The van der Waals surface area contributed by atoms with Crippen LogP contribution in [-0.2, 0) is 11.8 Å². The van der Waals surface area contributed by atoms with E-state index < -0.39 is 0 Å². The minimum atomic E-state index is 0.279.